The summed E-state index contributed by atoms with van der Waals surface area (Å²) in [5, 5.41) is 16.3. The van der Waals surface area contributed by atoms with E-state index in [-0.39, 0.29) is 17.7 Å². The van der Waals surface area contributed by atoms with E-state index in [1.807, 2.05) is 16.6 Å². The third-order valence-corrected chi connectivity index (χ3v) is 4.83. The topological polar surface area (TPSA) is 75.4 Å². The molecule has 0 bridgehead atoms. The summed E-state index contributed by atoms with van der Waals surface area (Å²) >= 11 is 0. The van der Waals surface area contributed by atoms with Crippen LogP contribution < -0.4 is 10.2 Å². The monoisotopic (exact) mass is 328 g/mol. The molecule has 1 saturated heterocycles. The van der Waals surface area contributed by atoms with E-state index in [0.717, 1.165) is 56.1 Å². The Hall–Kier alpha value is -2.18. The molecule has 2 aliphatic rings. The van der Waals surface area contributed by atoms with Crippen LogP contribution in [-0.2, 0) is 4.79 Å². The van der Waals surface area contributed by atoms with E-state index in [1.54, 1.807) is 0 Å². The Morgan fingerprint density at radius 3 is 2.83 bits per heavy atom. The van der Waals surface area contributed by atoms with Gasteiger partial charge >= 0.3 is 0 Å². The number of carbonyl (C=O) groups excluding carboxylic acids is 1. The molecule has 128 valence electrons. The molecule has 1 saturated carbocycles. The maximum Gasteiger partial charge on any atom is 0.225 e. The van der Waals surface area contributed by atoms with Crippen LogP contribution in [0.4, 0.5) is 5.82 Å². The number of anilines is 1. The standard InChI is InChI=1S/C17H24N6O/c1-11(2)16-20-19-14-7-8-15(21-23(14)16)22-9-3-4-12(10-22)17(24)18-13-5-6-13/h7-8,11-13H,3-6,9-10H2,1-2H3,(H,18,24)/t12-/m1/s1. The van der Waals surface area contributed by atoms with Crippen LogP contribution in [0.2, 0.25) is 0 Å². The first kappa shape index (κ1) is 15.4. The van der Waals surface area contributed by atoms with Crippen LogP contribution >= 0.6 is 0 Å². The van der Waals surface area contributed by atoms with Crippen molar-refractivity contribution in [2.75, 3.05) is 18.0 Å². The van der Waals surface area contributed by atoms with Crippen molar-refractivity contribution in [2.45, 2.75) is 51.5 Å². The highest BCUT2D eigenvalue weighted by atomic mass is 16.2. The maximum atomic E-state index is 12.4. The van der Waals surface area contributed by atoms with Crippen molar-refractivity contribution in [3.63, 3.8) is 0 Å². The molecule has 0 aromatic carbocycles. The number of aromatic nitrogens is 4. The summed E-state index contributed by atoms with van der Waals surface area (Å²) in [7, 11) is 0. The van der Waals surface area contributed by atoms with Gasteiger partial charge in [-0.15, -0.1) is 15.3 Å². The maximum absolute atomic E-state index is 12.4. The average Bonchev–Trinajstić information content (AvgIpc) is 3.29. The van der Waals surface area contributed by atoms with E-state index in [9.17, 15) is 4.79 Å². The Balaban J connectivity index is 1.54. The molecule has 1 aliphatic heterocycles. The SMILES string of the molecule is CC(C)c1nnc2ccc(N3CCC[C@@H](C(=O)NC4CC4)C3)nn12. The summed E-state index contributed by atoms with van der Waals surface area (Å²) in [5.74, 6) is 2.29. The Morgan fingerprint density at radius 2 is 2.08 bits per heavy atom. The van der Waals surface area contributed by atoms with Crippen LogP contribution in [0.3, 0.4) is 0 Å². The van der Waals surface area contributed by atoms with Gasteiger partial charge in [0.15, 0.2) is 11.5 Å². The molecule has 4 rings (SSSR count). The predicted octanol–water partition coefficient (Wildman–Crippen LogP) is 1.74. The lowest BCUT2D eigenvalue weighted by molar-refractivity contribution is -0.125. The molecule has 0 unspecified atom stereocenters. The Labute approximate surface area is 141 Å². The lowest BCUT2D eigenvalue weighted by Crippen LogP contribution is -2.44. The molecule has 1 aliphatic carbocycles. The van der Waals surface area contributed by atoms with Crippen molar-refractivity contribution in [1.82, 2.24) is 25.1 Å². The van der Waals surface area contributed by atoms with E-state index in [1.165, 1.54) is 0 Å². The van der Waals surface area contributed by atoms with Crippen molar-refractivity contribution in [3.8, 4) is 0 Å². The zero-order valence-corrected chi connectivity index (χ0v) is 14.3. The molecule has 2 fully saturated rings. The second kappa shape index (κ2) is 6.03. The van der Waals surface area contributed by atoms with Crippen molar-refractivity contribution >= 4 is 17.4 Å². The summed E-state index contributed by atoms with van der Waals surface area (Å²) in [6.45, 7) is 5.84. The molecule has 1 amide bonds. The van der Waals surface area contributed by atoms with Crippen LogP contribution in [0.15, 0.2) is 12.1 Å². The van der Waals surface area contributed by atoms with Crippen molar-refractivity contribution in [1.29, 1.82) is 0 Å². The number of nitrogens with one attached hydrogen (secondary N) is 1. The second-order valence-corrected chi connectivity index (χ2v) is 7.24. The van der Waals surface area contributed by atoms with Gasteiger partial charge in [-0.25, -0.2) is 0 Å². The zero-order valence-electron chi connectivity index (χ0n) is 14.3. The molecule has 0 radical (unpaired) electrons. The summed E-state index contributed by atoms with van der Waals surface area (Å²) in [6, 6.07) is 4.36. The van der Waals surface area contributed by atoms with Crippen LogP contribution in [0.1, 0.15) is 51.3 Å². The Morgan fingerprint density at radius 1 is 1.25 bits per heavy atom. The highest BCUT2D eigenvalue weighted by Crippen LogP contribution is 2.25. The number of piperidine rings is 1. The number of amides is 1. The van der Waals surface area contributed by atoms with Crippen molar-refractivity contribution in [3.05, 3.63) is 18.0 Å². The summed E-state index contributed by atoms with van der Waals surface area (Å²) < 4.78 is 1.83. The first-order valence-electron chi connectivity index (χ1n) is 8.89. The van der Waals surface area contributed by atoms with E-state index in [2.05, 4.69) is 34.3 Å². The van der Waals surface area contributed by atoms with E-state index in [0.29, 0.717) is 6.04 Å². The number of carbonyl (C=O) groups is 1. The zero-order chi connectivity index (χ0) is 16.7. The highest BCUT2D eigenvalue weighted by Gasteiger charge is 2.31. The fourth-order valence-electron chi connectivity index (χ4n) is 3.27. The molecule has 2 aromatic heterocycles. The summed E-state index contributed by atoms with van der Waals surface area (Å²) in [4.78, 5) is 14.6. The molecule has 0 spiro atoms. The molecule has 7 nitrogen and oxygen atoms in total. The molecule has 3 heterocycles. The van der Waals surface area contributed by atoms with Gasteiger partial charge in [0.05, 0.1) is 5.92 Å². The van der Waals surface area contributed by atoms with Gasteiger partial charge in [-0.2, -0.15) is 4.52 Å². The van der Waals surface area contributed by atoms with Gasteiger partial charge in [0.1, 0.15) is 5.82 Å². The lowest BCUT2D eigenvalue weighted by Gasteiger charge is -2.32. The number of nitrogens with zero attached hydrogens (tertiary/aromatic N) is 5. The third-order valence-electron chi connectivity index (χ3n) is 4.83. The largest absolute Gasteiger partial charge is 0.354 e. The van der Waals surface area contributed by atoms with Crippen LogP contribution in [0, 0.1) is 5.92 Å². The quantitative estimate of drug-likeness (QED) is 0.925. The van der Waals surface area contributed by atoms with Crippen LogP contribution in [0.5, 0.6) is 0 Å². The molecule has 24 heavy (non-hydrogen) atoms. The third kappa shape index (κ3) is 2.95. The van der Waals surface area contributed by atoms with Gasteiger partial charge in [0.25, 0.3) is 0 Å². The van der Waals surface area contributed by atoms with Gasteiger partial charge in [-0.1, -0.05) is 13.8 Å². The Bertz CT molecular complexity index is 751. The minimum atomic E-state index is 0.0577. The van der Waals surface area contributed by atoms with Gasteiger partial charge in [-0.05, 0) is 37.8 Å². The molecular weight excluding hydrogens is 304 g/mol. The van der Waals surface area contributed by atoms with Gasteiger partial charge < -0.3 is 10.2 Å². The molecule has 1 atom stereocenters. The first-order valence-corrected chi connectivity index (χ1v) is 8.89. The summed E-state index contributed by atoms with van der Waals surface area (Å²) in [6.07, 6.45) is 4.24. The average molecular weight is 328 g/mol. The van der Waals surface area contributed by atoms with Gasteiger partial charge in [0, 0.05) is 25.0 Å². The van der Waals surface area contributed by atoms with Crippen molar-refractivity contribution < 1.29 is 4.79 Å². The van der Waals surface area contributed by atoms with Crippen LogP contribution in [-0.4, -0.2) is 44.8 Å². The second-order valence-electron chi connectivity index (χ2n) is 7.24. The minimum Gasteiger partial charge on any atom is -0.354 e. The van der Waals surface area contributed by atoms with E-state index in [4.69, 9.17) is 5.10 Å². The summed E-state index contributed by atoms with van der Waals surface area (Å²) in [5.41, 5.74) is 0.766. The molecular formula is C17H24N6O. The highest BCUT2D eigenvalue weighted by molar-refractivity contribution is 5.80. The van der Waals surface area contributed by atoms with E-state index >= 15 is 0 Å². The Kier molecular flexibility index (Phi) is 3.86. The number of rotatable bonds is 4. The number of fused-ring (bicyclic) bond motifs is 1. The lowest BCUT2D eigenvalue weighted by atomic mass is 9.97. The molecule has 7 heteroatoms. The molecule has 2 aromatic rings. The number of hydrogen-bond acceptors (Lipinski definition) is 5. The predicted molar refractivity (Wildman–Crippen MR) is 91.0 cm³/mol. The van der Waals surface area contributed by atoms with Gasteiger partial charge in [-0.3, -0.25) is 4.79 Å². The van der Waals surface area contributed by atoms with E-state index < -0.39 is 0 Å². The minimum absolute atomic E-state index is 0.0577. The van der Waals surface area contributed by atoms with Crippen LogP contribution in [0.25, 0.3) is 5.65 Å². The normalized spacial score (nSPS) is 21.5. The fraction of sp³-hybridized carbons (Fsp3) is 0.647. The first-order chi connectivity index (χ1) is 11.6. The van der Waals surface area contributed by atoms with Gasteiger partial charge in [0.2, 0.25) is 5.91 Å². The number of hydrogen-bond donors (Lipinski definition) is 1. The molecule has 1 N–H and O–H groups in total. The smallest absolute Gasteiger partial charge is 0.225 e. The fourth-order valence-corrected chi connectivity index (χ4v) is 3.27. The van der Waals surface area contributed by atoms with Crippen molar-refractivity contribution in [2.24, 2.45) is 5.92 Å².